The molecule has 0 rings (SSSR count). The Kier molecular flexibility index (Phi) is 30.5. The fourth-order valence-corrected chi connectivity index (χ4v) is 2.05. The second-order valence-corrected chi connectivity index (χ2v) is 7.32. The van der Waals surface area contributed by atoms with Crippen LogP contribution in [-0.4, -0.2) is 0 Å². The first-order valence-corrected chi connectivity index (χ1v) is 8.80. The summed E-state index contributed by atoms with van der Waals surface area (Å²) in [5, 5.41) is 0. The Morgan fingerprint density at radius 2 is 0.895 bits per heavy atom. The van der Waals surface area contributed by atoms with Gasteiger partial charge in [0.25, 0.3) is 0 Å². The van der Waals surface area contributed by atoms with Crippen LogP contribution in [0.25, 0.3) is 0 Å². The maximum atomic E-state index is 4.08. The molecule has 0 aliphatic heterocycles. The van der Waals surface area contributed by atoms with E-state index in [1.807, 2.05) is 0 Å². The van der Waals surface area contributed by atoms with Crippen LogP contribution in [0.2, 0.25) is 0 Å². The number of thiol groups is 4. The number of rotatable bonds is 10. The van der Waals surface area contributed by atoms with Crippen LogP contribution in [0.4, 0.5) is 0 Å². The molecule has 0 aliphatic rings. The van der Waals surface area contributed by atoms with E-state index in [-0.39, 0.29) is 19.5 Å². The molecule has 0 saturated carbocycles. The van der Waals surface area contributed by atoms with E-state index < -0.39 is 0 Å². The Labute approximate surface area is 156 Å². The van der Waals surface area contributed by atoms with Crippen LogP contribution in [0.3, 0.4) is 0 Å². The second-order valence-electron chi connectivity index (χ2n) is 4.45. The van der Waals surface area contributed by atoms with Crippen LogP contribution in [-0.2, 0) is 19.5 Å². The van der Waals surface area contributed by atoms with Gasteiger partial charge in [-0.2, -0.15) is 12.8 Å². The third-order valence-corrected chi connectivity index (χ3v) is 3.40. The van der Waals surface area contributed by atoms with Gasteiger partial charge < -0.3 is 50.5 Å². The molecule has 0 heterocycles. The van der Waals surface area contributed by atoms with Crippen LogP contribution < -0.4 is 0 Å². The van der Waals surface area contributed by atoms with Gasteiger partial charge in [-0.05, 0) is 0 Å². The van der Waals surface area contributed by atoms with Gasteiger partial charge in [0.1, 0.15) is 0 Å². The summed E-state index contributed by atoms with van der Waals surface area (Å²) in [5.41, 5.74) is 0. The van der Waals surface area contributed by atoms with Crippen molar-refractivity contribution in [2.75, 3.05) is 0 Å². The molecule has 112 valence electrons. The minimum atomic E-state index is 0. The molecule has 0 fully saturated rings. The Balaban J connectivity index is -0.000000256. The third kappa shape index (κ3) is 33.1. The van der Waals surface area contributed by atoms with Gasteiger partial charge in [0, 0.05) is 0 Å². The van der Waals surface area contributed by atoms with Crippen LogP contribution in [0.15, 0.2) is 0 Å². The van der Waals surface area contributed by atoms with E-state index in [4.69, 9.17) is 0 Å². The fourth-order valence-electron chi connectivity index (χ4n) is 1.42. The average Bonchev–Trinajstić information content (AvgIpc) is 2.31. The van der Waals surface area contributed by atoms with E-state index in [1.165, 1.54) is 51.4 Å². The van der Waals surface area contributed by atoms with E-state index in [0.717, 1.165) is 22.0 Å². The van der Waals surface area contributed by atoms with Crippen molar-refractivity contribution in [3.63, 3.8) is 0 Å². The molecule has 0 amide bonds. The first-order valence-electron chi connectivity index (χ1n) is 7.02. The number of hydrogen-bond donors (Lipinski definition) is 4. The molecule has 5 heteroatoms. The zero-order valence-electron chi connectivity index (χ0n) is 12.6. The summed E-state index contributed by atoms with van der Waals surface area (Å²) in [6.07, 6.45) is 12.5. The zero-order chi connectivity index (χ0) is 14.2. The van der Waals surface area contributed by atoms with Crippen molar-refractivity contribution in [3.8, 4) is 0 Å². The molecule has 0 spiro atoms. The summed E-state index contributed by atoms with van der Waals surface area (Å²) >= 11 is 16.3. The predicted molar refractivity (Wildman–Crippen MR) is 99.9 cm³/mol. The van der Waals surface area contributed by atoms with E-state index in [0.29, 0.717) is 0 Å². The Hall–Kier alpha value is 2.02. The zero-order valence-corrected chi connectivity index (χ0v) is 19.1. The first-order chi connectivity index (χ1) is 8.54. The fraction of sp³-hybridized carbons (Fsp3) is 0.857. The van der Waals surface area contributed by atoms with Gasteiger partial charge in [-0.25, -0.2) is 9.16 Å². The maximum Gasteiger partial charge on any atom is 2.00 e. The van der Waals surface area contributed by atoms with E-state index >= 15 is 0 Å². The molecular weight excluding hydrogens is 362 g/mol. The molecule has 0 aromatic carbocycles. The van der Waals surface area contributed by atoms with E-state index in [2.05, 4.69) is 64.4 Å². The van der Waals surface area contributed by atoms with Crippen molar-refractivity contribution >= 4 is 50.5 Å². The second kappa shape index (κ2) is 22.3. The largest absolute Gasteiger partial charge is 2.00 e. The summed E-state index contributed by atoms with van der Waals surface area (Å²) in [6, 6.07) is 0. The third-order valence-electron chi connectivity index (χ3n) is 2.51. The maximum absolute atomic E-state index is 4.08. The molecule has 0 saturated heterocycles. The Bertz CT molecular complexity index is 127. The van der Waals surface area contributed by atoms with Crippen molar-refractivity contribution in [1.82, 2.24) is 0 Å². The molecule has 19 heavy (non-hydrogen) atoms. The number of hydrogen-bond acceptors (Lipinski definition) is 4. The SMILES string of the molecule is CCCCCC[C-](S)S.CCCCCC[C-](S)S.[Zn+2]. The molecule has 0 radical (unpaired) electrons. The van der Waals surface area contributed by atoms with Gasteiger partial charge >= 0.3 is 19.5 Å². The Morgan fingerprint density at radius 3 is 1.11 bits per heavy atom. The summed E-state index contributed by atoms with van der Waals surface area (Å²) < 4.78 is 1.93. The molecule has 0 nitrogen and oxygen atoms in total. The summed E-state index contributed by atoms with van der Waals surface area (Å²) in [6.45, 7) is 4.43. The summed E-state index contributed by atoms with van der Waals surface area (Å²) in [7, 11) is 0. The van der Waals surface area contributed by atoms with Gasteiger partial charge in [0.15, 0.2) is 0 Å². The molecule has 0 aromatic rings. The molecular formula is C14H30S4Zn. The monoisotopic (exact) mass is 390 g/mol. The van der Waals surface area contributed by atoms with Crippen LogP contribution >= 0.6 is 50.5 Å². The van der Waals surface area contributed by atoms with Crippen LogP contribution in [0, 0.1) is 9.16 Å². The standard InChI is InChI=1S/2C7H15S2.Zn/c2*1-2-3-4-5-6-7(8)9;/h2*8-9H,2-6H2,1H3;/q2*-1;+2. The van der Waals surface area contributed by atoms with Crippen LogP contribution in [0.5, 0.6) is 0 Å². The van der Waals surface area contributed by atoms with Gasteiger partial charge in [0.2, 0.25) is 0 Å². The van der Waals surface area contributed by atoms with Crippen molar-refractivity contribution in [1.29, 1.82) is 0 Å². The smallest absolute Gasteiger partial charge is 0.356 e. The minimum absolute atomic E-state index is 0. The minimum Gasteiger partial charge on any atom is -0.356 e. The molecule has 0 aliphatic carbocycles. The molecule has 0 bridgehead atoms. The normalized spacial score (nSPS) is 10.1. The van der Waals surface area contributed by atoms with Crippen molar-refractivity contribution < 1.29 is 19.5 Å². The molecule has 0 unspecified atom stereocenters. The number of unbranched alkanes of at least 4 members (excludes halogenated alkanes) is 6. The van der Waals surface area contributed by atoms with Crippen LogP contribution in [0.1, 0.15) is 78.1 Å². The predicted octanol–water partition coefficient (Wildman–Crippen LogP) is 6.61. The van der Waals surface area contributed by atoms with Gasteiger partial charge in [-0.1, -0.05) is 65.2 Å². The van der Waals surface area contributed by atoms with Crippen molar-refractivity contribution in [2.24, 2.45) is 0 Å². The topological polar surface area (TPSA) is 0 Å². The van der Waals surface area contributed by atoms with E-state index in [9.17, 15) is 0 Å². The first kappa shape index (κ1) is 25.9. The summed E-state index contributed by atoms with van der Waals surface area (Å²) in [4.78, 5) is 0. The van der Waals surface area contributed by atoms with Crippen molar-refractivity contribution in [3.05, 3.63) is 9.16 Å². The van der Waals surface area contributed by atoms with Gasteiger partial charge in [0.05, 0.1) is 0 Å². The quantitative estimate of drug-likeness (QED) is 0.137. The molecule has 0 N–H and O–H groups in total. The summed E-state index contributed by atoms with van der Waals surface area (Å²) in [5.74, 6) is 0. The van der Waals surface area contributed by atoms with Gasteiger partial charge in [-0.3, -0.25) is 0 Å². The van der Waals surface area contributed by atoms with Crippen molar-refractivity contribution in [2.45, 2.75) is 78.1 Å². The Morgan fingerprint density at radius 1 is 0.579 bits per heavy atom. The van der Waals surface area contributed by atoms with E-state index in [1.54, 1.807) is 0 Å². The average molecular weight is 392 g/mol. The van der Waals surface area contributed by atoms with Gasteiger partial charge in [-0.15, -0.1) is 0 Å². The molecule has 0 atom stereocenters. The molecule has 0 aromatic heterocycles.